The Labute approximate surface area is 134 Å². The maximum absolute atomic E-state index is 12.8. The van der Waals surface area contributed by atoms with Crippen LogP contribution in [0.3, 0.4) is 0 Å². The summed E-state index contributed by atoms with van der Waals surface area (Å²) in [5.41, 5.74) is 6.62. The van der Waals surface area contributed by atoms with Crippen LogP contribution in [0.4, 0.5) is 5.82 Å². The van der Waals surface area contributed by atoms with Crippen molar-refractivity contribution >= 4 is 28.5 Å². The Morgan fingerprint density at radius 3 is 2.74 bits per heavy atom. The fourth-order valence-corrected chi connectivity index (χ4v) is 3.90. The first-order valence-corrected chi connectivity index (χ1v) is 8.22. The Hall–Kier alpha value is -2.37. The third kappa shape index (κ3) is 2.29. The van der Waals surface area contributed by atoms with Crippen LogP contribution in [0.5, 0.6) is 0 Å². The Morgan fingerprint density at radius 2 is 1.96 bits per heavy atom. The first kappa shape index (κ1) is 14.2. The van der Waals surface area contributed by atoms with Crippen molar-refractivity contribution in [3.63, 3.8) is 0 Å². The van der Waals surface area contributed by atoms with Crippen LogP contribution < -0.4 is 5.73 Å². The molecule has 0 unspecified atom stereocenters. The van der Waals surface area contributed by atoms with Gasteiger partial charge >= 0.3 is 0 Å². The van der Waals surface area contributed by atoms with Gasteiger partial charge in [-0.05, 0) is 25.0 Å². The normalized spacial score (nSPS) is 22.3. The van der Waals surface area contributed by atoms with E-state index in [1.54, 1.807) is 0 Å². The number of amides is 1. The number of fused-ring (bicyclic) bond motifs is 1. The van der Waals surface area contributed by atoms with Gasteiger partial charge in [-0.25, -0.2) is 0 Å². The van der Waals surface area contributed by atoms with Gasteiger partial charge in [-0.1, -0.05) is 25.0 Å². The van der Waals surface area contributed by atoms with Crippen LogP contribution in [-0.4, -0.2) is 39.1 Å². The van der Waals surface area contributed by atoms with E-state index >= 15 is 0 Å². The molecule has 1 aliphatic carbocycles. The highest BCUT2D eigenvalue weighted by molar-refractivity contribution is 5.99. The second kappa shape index (κ2) is 5.37. The smallest absolute Gasteiger partial charge is 0.252 e. The maximum Gasteiger partial charge on any atom is 0.252 e. The molecule has 0 spiro atoms. The van der Waals surface area contributed by atoms with E-state index in [2.05, 4.69) is 5.10 Å². The summed E-state index contributed by atoms with van der Waals surface area (Å²) in [4.78, 5) is 27.0. The van der Waals surface area contributed by atoms with E-state index in [0.717, 1.165) is 18.2 Å². The maximum atomic E-state index is 12.8. The molecule has 2 heterocycles. The number of likely N-dealkylation sites (tertiary alicyclic amines) is 1. The van der Waals surface area contributed by atoms with Gasteiger partial charge in [-0.3, -0.25) is 9.59 Å². The van der Waals surface area contributed by atoms with Crippen molar-refractivity contribution in [2.75, 3.05) is 12.3 Å². The van der Waals surface area contributed by atoms with Gasteiger partial charge in [-0.15, -0.1) is 5.10 Å². The molecule has 6 nitrogen and oxygen atoms in total. The molecule has 6 heteroatoms. The van der Waals surface area contributed by atoms with Crippen molar-refractivity contribution < 1.29 is 9.59 Å². The molecular formula is C17H20N4O2. The Bertz CT molecular complexity index is 776. The van der Waals surface area contributed by atoms with E-state index in [0.29, 0.717) is 23.9 Å². The standard InChI is InChI=1S/C17H20N4O2/c18-16-13-7-3-4-8-14(13)21(19-16)17(23)11-9-15(22)20(10-11)12-5-1-2-6-12/h3-4,7-8,11-12H,1-2,5-6,9-10H2,(H2,18,19)/t11-/m1/s1. The van der Waals surface area contributed by atoms with E-state index < -0.39 is 0 Å². The van der Waals surface area contributed by atoms with Crippen molar-refractivity contribution in [1.82, 2.24) is 14.7 Å². The van der Waals surface area contributed by atoms with E-state index in [4.69, 9.17) is 5.73 Å². The lowest BCUT2D eigenvalue weighted by Crippen LogP contribution is -2.35. The average Bonchev–Trinajstić information content (AvgIpc) is 3.26. The molecule has 1 saturated carbocycles. The molecule has 0 bridgehead atoms. The second-order valence-corrected chi connectivity index (χ2v) is 6.54. The van der Waals surface area contributed by atoms with Gasteiger partial charge in [0.2, 0.25) is 5.91 Å². The molecule has 1 aromatic carbocycles. The summed E-state index contributed by atoms with van der Waals surface area (Å²) in [6.07, 6.45) is 4.75. The number of rotatable bonds is 2. The molecule has 4 rings (SSSR count). The number of para-hydroxylation sites is 1. The van der Waals surface area contributed by atoms with Crippen molar-refractivity contribution in [2.45, 2.75) is 38.1 Å². The Balaban J connectivity index is 1.60. The van der Waals surface area contributed by atoms with Gasteiger partial charge < -0.3 is 10.6 Å². The van der Waals surface area contributed by atoms with Crippen LogP contribution in [0.25, 0.3) is 10.9 Å². The predicted octanol–water partition coefficient (Wildman–Crippen LogP) is 2.05. The number of hydrogen-bond donors (Lipinski definition) is 1. The number of benzene rings is 1. The number of aromatic nitrogens is 2. The molecule has 23 heavy (non-hydrogen) atoms. The molecule has 2 aliphatic rings. The zero-order chi connectivity index (χ0) is 16.0. The fraction of sp³-hybridized carbons (Fsp3) is 0.471. The summed E-state index contributed by atoms with van der Waals surface area (Å²) in [5, 5.41) is 4.97. The van der Waals surface area contributed by atoms with Crippen molar-refractivity contribution in [3.05, 3.63) is 24.3 Å². The zero-order valence-electron chi connectivity index (χ0n) is 12.9. The topological polar surface area (TPSA) is 81.2 Å². The monoisotopic (exact) mass is 312 g/mol. The lowest BCUT2D eigenvalue weighted by Gasteiger charge is -2.23. The quantitative estimate of drug-likeness (QED) is 0.920. The molecule has 2 aromatic rings. The molecule has 2 N–H and O–H groups in total. The van der Waals surface area contributed by atoms with E-state index in [1.807, 2.05) is 29.2 Å². The highest BCUT2D eigenvalue weighted by Gasteiger charge is 2.39. The molecule has 0 radical (unpaired) electrons. The van der Waals surface area contributed by atoms with E-state index in [1.165, 1.54) is 17.5 Å². The van der Waals surface area contributed by atoms with Gasteiger partial charge in [0.15, 0.2) is 5.82 Å². The number of carbonyl (C=O) groups excluding carboxylic acids is 2. The van der Waals surface area contributed by atoms with Crippen LogP contribution >= 0.6 is 0 Å². The van der Waals surface area contributed by atoms with Crippen LogP contribution in [-0.2, 0) is 4.79 Å². The van der Waals surface area contributed by atoms with E-state index in [-0.39, 0.29) is 24.2 Å². The SMILES string of the molecule is Nc1nn(C(=O)[C@@H]2CC(=O)N(C3CCCC3)C2)c2ccccc12. The highest BCUT2D eigenvalue weighted by Crippen LogP contribution is 2.31. The third-order valence-electron chi connectivity index (χ3n) is 5.10. The molecule has 1 atom stereocenters. The number of anilines is 1. The van der Waals surface area contributed by atoms with E-state index in [9.17, 15) is 9.59 Å². The van der Waals surface area contributed by atoms with Crippen LogP contribution in [0.2, 0.25) is 0 Å². The zero-order valence-corrected chi connectivity index (χ0v) is 12.9. The average molecular weight is 312 g/mol. The van der Waals surface area contributed by atoms with Crippen LogP contribution in [0.1, 0.15) is 36.9 Å². The number of carbonyl (C=O) groups is 2. The molecule has 1 saturated heterocycles. The first-order chi connectivity index (χ1) is 11.1. The Morgan fingerprint density at radius 1 is 1.22 bits per heavy atom. The lowest BCUT2D eigenvalue weighted by atomic mass is 10.1. The molecule has 120 valence electrons. The van der Waals surface area contributed by atoms with Crippen molar-refractivity contribution in [2.24, 2.45) is 5.92 Å². The summed E-state index contributed by atoms with van der Waals surface area (Å²) in [7, 11) is 0. The number of hydrogen-bond acceptors (Lipinski definition) is 4. The molecule has 1 amide bonds. The second-order valence-electron chi connectivity index (χ2n) is 6.54. The minimum absolute atomic E-state index is 0.0969. The first-order valence-electron chi connectivity index (χ1n) is 8.22. The van der Waals surface area contributed by atoms with Gasteiger partial charge in [0.1, 0.15) is 0 Å². The minimum Gasteiger partial charge on any atom is -0.382 e. The summed E-state index contributed by atoms with van der Waals surface area (Å²) in [6, 6.07) is 7.74. The summed E-state index contributed by atoms with van der Waals surface area (Å²) in [5.74, 6) is -0.0110. The third-order valence-corrected chi connectivity index (χ3v) is 5.10. The Kier molecular flexibility index (Phi) is 3.32. The number of nitrogens with zero attached hydrogens (tertiary/aromatic N) is 3. The van der Waals surface area contributed by atoms with Crippen LogP contribution in [0, 0.1) is 5.92 Å². The minimum atomic E-state index is -0.328. The largest absolute Gasteiger partial charge is 0.382 e. The fourth-order valence-electron chi connectivity index (χ4n) is 3.90. The highest BCUT2D eigenvalue weighted by atomic mass is 16.2. The van der Waals surface area contributed by atoms with Crippen molar-refractivity contribution in [1.29, 1.82) is 0 Å². The summed E-state index contributed by atoms with van der Waals surface area (Å²) < 4.78 is 1.38. The lowest BCUT2D eigenvalue weighted by molar-refractivity contribution is -0.129. The summed E-state index contributed by atoms with van der Waals surface area (Å²) in [6.45, 7) is 0.510. The molecular weight excluding hydrogens is 292 g/mol. The molecule has 1 aromatic heterocycles. The summed E-state index contributed by atoms with van der Waals surface area (Å²) >= 11 is 0. The van der Waals surface area contributed by atoms with Gasteiger partial charge in [-0.2, -0.15) is 4.68 Å². The number of nitrogens with two attached hydrogens (primary N) is 1. The molecule has 1 aliphatic heterocycles. The van der Waals surface area contributed by atoms with Gasteiger partial charge in [0.05, 0.1) is 11.4 Å². The van der Waals surface area contributed by atoms with Gasteiger partial charge in [0, 0.05) is 24.4 Å². The van der Waals surface area contributed by atoms with Crippen LogP contribution in [0.15, 0.2) is 24.3 Å². The molecule has 2 fully saturated rings. The van der Waals surface area contributed by atoms with Crippen molar-refractivity contribution in [3.8, 4) is 0 Å². The number of nitrogen functional groups attached to an aromatic ring is 1. The predicted molar refractivity (Wildman–Crippen MR) is 86.8 cm³/mol. The van der Waals surface area contributed by atoms with Gasteiger partial charge in [0.25, 0.3) is 5.91 Å².